The van der Waals surface area contributed by atoms with E-state index in [0.717, 1.165) is 29.5 Å². The minimum Gasteiger partial charge on any atom is -0.398 e. The third kappa shape index (κ3) is 2.64. The highest BCUT2D eigenvalue weighted by Crippen LogP contribution is 2.30. The first-order valence-corrected chi connectivity index (χ1v) is 7.00. The van der Waals surface area contributed by atoms with Crippen LogP contribution in [0.5, 0.6) is 0 Å². The van der Waals surface area contributed by atoms with Crippen molar-refractivity contribution in [2.24, 2.45) is 0 Å². The summed E-state index contributed by atoms with van der Waals surface area (Å²) >= 11 is 3.41. The van der Waals surface area contributed by atoms with Crippen LogP contribution in [0.2, 0.25) is 0 Å². The number of aromatic nitrogens is 2. The molecule has 1 saturated heterocycles. The van der Waals surface area contributed by atoms with Crippen LogP contribution >= 0.6 is 15.9 Å². The van der Waals surface area contributed by atoms with E-state index in [2.05, 4.69) is 26.1 Å². The van der Waals surface area contributed by atoms with Crippen molar-refractivity contribution in [2.45, 2.75) is 18.8 Å². The lowest BCUT2D eigenvalue weighted by Gasteiger charge is -2.18. The number of hydrogen-bond donors (Lipinski definition) is 1. The predicted octanol–water partition coefficient (Wildman–Crippen LogP) is 2.98. The molecule has 1 fully saturated rings. The van der Waals surface area contributed by atoms with Gasteiger partial charge in [-0.15, -0.1) is 0 Å². The molecule has 0 saturated carbocycles. The fourth-order valence-corrected chi connectivity index (χ4v) is 2.53. The Morgan fingerprint density at radius 1 is 1.37 bits per heavy atom. The number of ether oxygens (including phenoxy) is 1. The van der Waals surface area contributed by atoms with Gasteiger partial charge in [-0.05, 0) is 31.0 Å². The number of halogens is 1. The zero-order valence-electron chi connectivity index (χ0n) is 10.3. The number of rotatable bonds is 2. The van der Waals surface area contributed by atoms with E-state index >= 15 is 0 Å². The second-order valence-electron chi connectivity index (χ2n) is 4.60. The van der Waals surface area contributed by atoms with E-state index in [-0.39, 0.29) is 5.92 Å². The molecule has 1 aromatic carbocycles. The fourth-order valence-electron chi connectivity index (χ4n) is 2.17. The summed E-state index contributed by atoms with van der Waals surface area (Å²) in [5, 5.41) is 4.05. The fraction of sp³-hybridized carbons (Fsp3) is 0.385. The molecule has 19 heavy (non-hydrogen) atoms. The highest BCUT2D eigenvalue weighted by Gasteiger charge is 2.22. The normalized spacial score (nSPS) is 19.5. The Morgan fingerprint density at radius 3 is 3.05 bits per heavy atom. The minimum atomic E-state index is 0.222. The van der Waals surface area contributed by atoms with Crippen molar-refractivity contribution < 1.29 is 9.26 Å². The lowest BCUT2D eigenvalue weighted by Crippen LogP contribution is -2.16. The second kappa shape index (κ2) is 5.30. The first-order chi connectivity index (χ1) is 9.24. The molecule has 100 valence electrons. The quantitative estimate of drug-likeness (QED) is 0.860. The molecule has 0 bridgehead atoms. The van der Waals surface area contributed by atoms with E-state index in [9.17, 15) is 0 Å². The first-order valence-electron chi connectivity index (χ1n) is 6.21. The Balaban J connectivity index is 1.89. The SMILES string of the molecule is Nc1ccc(Br)cc1-c1nc(C2CCCOC2)no1. The molecule has 2 aromatic rings. The van der Waals surface area contributed by atoms with E-state index in [1.807, 2.05) is 18.2 Å². The van der Waals surface area contributed by atoms with Gasteiger partial charge in [-0.2, -0.15) is 4.98 Å². The summed E-state index contributed by atoms with van der Waals surface area (Å²) in [6.07, 6.45) is 2.07. The Kier molecular flexibility index (Phi) is 3.52. The van der Waals surface area contributed by atoms with Crippen LogP contribution in [-0.4, -0.2) is 23.4 Å². The van der Waals surface area contributed by atoms with E-state index < -0.39 is 0 Å². The summed E-state index contributed by atoms with van der Waals surface area (Å²) in [5.41, 5.74) is 7.31. The number of nitrogen functional groups attached to an aromatic ring is 1. The van der Waals surface area contributed by atoms with Gasteiger partial charge >= 0.3 is 0 Å². The van der Waals surface area contributed by atoms with Gasteiger partial charge in [-0.3, -0.25) is 0 Å². The van der Waals surface area contributed by atoms with E-state index in [0.29, 0.717) is 24.0 Å². The van der Waals surface area contributed by atoms with Crippen molar-refractivity contribution in [3.63, 3.8) is 0 Å². The summed E-state index contributed by atoms with van der Waals surface area (Å²) in [4.78, 5) is 4.45. The molecule has 1 unspecified atom stereocenters. The van der Waals surface area contributed by atoms with Gasteiger partial charge < -0.3 is 15.0 Å². The average molecular weight is 324 g/mol. The highest BCUT2D eigenvalue weighted by atomic mass is 79.9. The summed E-state index contributed by atoms with van der Waals surface area (Å²) in [6, 6.07) is 5.57. The number of anilines is 1. The molecule has 3 rings (SSSR count). The first kappa shape index (κ1) is 12.6. The van der Waals surface area contributed by atoms with Crippen molar-refractivity contribution in [1.29, 1.82) is 0 Å². The number of nitrogens with zero attached hydrogens (tertiary/aromatic N) is 2. The molecule has 6 heteroatoms. The molecule has 0 aliphatic carbocycles. The van der Waals surface area contributed by atoms with Crippen molar-refractivity contribution in [1.82, 2.24) is 10.1 Å². The smallest absolute Gasteiger partial charge is 0.260 e. The summed E-state index contributed by atoms with van der Waals surface area (Å²) in [6.45, 7) is 1.48. The molecule has 0 radical (unpaired) electrons. The van der Waals surface area contributed by atoms with Crippen LogP contribution in [0.4, 0.5) is 5.69 Å². The molecule has 1 aromatic heterocycles. The Morgan fingerprint density at radius 2 is 2.26 bits per heavy atom. The van der Waals surface area contributed by atoms with Crippen LogP contribution in [0.3, 0.4) is 0 Å². The van der Waals surface area contributed by atoms with Gasteiger partial charge in [0.25, 0.3) is 5.89 Å². The topological polar surface area (TPSA) is 74.2 Å². The monoisotopic (exact) mass is 323 g/mol. The van der Waals surface area contributed by atoms with Crippen LogP contribution in [0.25, 0.3) is 11.5 Å². The van der Waals surface area contributed by atoms with Crippen molar-refractivity contribution in [3.8, 4) is 11.5 Å². The van der Waals surface area contributed by atoms with Crippen LogP contribution in [0.1, 0.15) is 24.6 Å². The molecule has 2 N–H and O–H groups in total. The van der Waals surface area contributed by atoms with Crippen LogP contribution in [0, 0.1) is 0 Å². The molecule has 1 aliphatic heterocycles. The van der Waals surface area contributed by atoms with Gasteiger partial charge in [-0.1, -0.05) is 21.1 Å². The maximum Gasteiger partial charge on any atom is 0.260 e. The van der Waals surface area contributed by atoms with Gasteiger partial charge in [-0.25, -0.2) is 0 Å². The average Bonchev–Trinajstić information content (AvgIpc) is 2.92. The molecular formula is C13H14BrN3O2. The third-order valence-corrected chi connectivity index (χ3v) is 3.71. The van der Waals surface area contributed by atoms with Crippen LogP contribution < -0.4 is 5.73 Å². The molecule has 1 aliphatic rings. The standard InChI is InChI=1S/C13H14BrN3O2/c14-9-3-4-11(15)10(6-9)13-16-12(17-19-13)8-2-1-5-18-7-8/h3-4,6,8H,1-2,5,7,15H2. The van der Waals surface area contributed by atoms with Crippen molar-refractivity contribution in [2.75, 3.05) is 18.9 Å². The molecule has 0 amide bonds. The number of nitrogens with two attached hydrogens (primary N) is 1. The Labute approximate surface area is 119 Å². The van der Waals surface area contributed by atoms with Crippen LogP contribution in [0.15, 0.2) is 27.2 Å². The second-order valence-corrected chi connectivity index (χ2v) is 5.52. The lowest BCUT2D eigenvalue weighted by molar-refractivity contribution is 0.0773. The summed E-state index contributed by atoms with van der Waals surface area (Å²) < 4.78 is 11.7. The van der Waals surface area contributed by atoms with Gasteiger partial charge in [0.15, 0.2) is 5.82 Å². The minimum absolute atomic E-state index is 0.222. The number of hydrogen-bond acceptors (Lipinski definition) is 5. The van der Waals surface area contributed by atoms with Crippen LogP contribution in [-0.2, 0) is 4.74 Å². The lowest BCUT2D eigenvalue weighted by atomic mass is 10.0. The largest absolute Gasteiger partial charge is 0.398 e. The Hall–Kier alpha value is -1.40. The van der Waals surface area contributed by atoms with Gasteiger partial charge in [0, 0.05) is 22.7 Å². The molecule has 1 atom stereocenters. The predicted molar refractivity (Wildman–Crippen MR) is 74.6 cm³/mol. The maximum absolute atomic E-state index is 5.94. The maximum atomic E-state index is 5.94. The number of benzene rings is 1. The van der Waals surface area contributed by atoms with Gasteiger partial charge in [0.1, 0.15) is 0 Å². The molecule has 5 nitrogen and oxygen atoms in total. The Bertz CT molecular complexity index is 579. The summed E-state index contributed by atoms with van der Waals surface area (Å²) in [7, 11) is 0. The third-order valence-electron chi connectivity index (χ3n) is 3.21. The zero-order chi connectivity index (χ0) is 13.2. The molecule has 2 heterocycles. The van der Waals surface area contributed by atoms with E-state index in [1.165, 1.54) is 0 Å². The molecule has 0 spiro atoms. The van der Waals surface area contributed by atoms with Crippen molar-refractivity contribution in [3.05, 3.63) is 28.5 Å². The molecular weight excluding hydrogens is 310 g/mol. The van der Waals surface area contributed by atoms with Gasteiger partial charge in [0.05, 0.1) is 12.2 Å². The van der Waals surface area contributed by atoms with Crippen molar-refractivity contribution >= 4 is 21.6 Å². The van der Waals surface area contributed by atoms with E-state index in [4.69, 9.17) is 15.0 Å². The summed E-state index contributed by atoms with van der Waals surface area (Å²) in [5.74, 6) is 1.38. The van der Waals surface area contributed by atoms with E-state index in [1.54, 1.807) is 0 Å². The highest BCUT2D eigenvalue weighted by molar-refractivity contribution is 9.10. The zero-order valence-corrected chi connectivity index (χ0v) is 11.9. The van der Waals surface area contributed by atoms with Gasteiger partial charge in [0.2, 0.25) is 0 Å².